The summed E-state index contributed by atoms with van der Waals surface area (Å²) in [5.74, 6) is 0.0594. The second-order valence-electron chi connectivity index (χ2n) is 7.06. The summed E-state index contributed by atoms with van der Waals surface area (Å²) in [5, 5.41) is 7.11. The van der Waals surface area contributed by atoms with E-state index in [0.29, 0.717) is 16.7 Å². The van der Waals surface area contributed by atoms with Gasteiger partial charge in [-0.05, 0) is 43.0 Å². The highest BCUT2D eigenvalue weighted by Gasteiger charge is 2.45. The zero-order valence-electron chi connectivity index (χ0n) is 16.0. The Morgan fingerprint density at radius 2 is 2.00 bits per heavy atom. The third kappa shape index (κ3) is 4.52. The molecule has 1 aromatic carbocycles. The molecule has 8 heteroatoms. The largest absolute Gasteiger partial charge is 0.351 e. The second kappa shape index (κ2) is 8.26. The quantitative estimate of drug-likeness (QED) is 0.547. The van der Waals surface area contributed by atoms with Gasteiger partial charge in [0.2, 0.25) is 11.8 Å². The number of anilines is 1. The monoisotopic (exact) mass is 445 g/mol. The molecule has 1 fully saturated rings. The summed E-state index contributed by atoms with van der Waals surface area (Å²) in [6, 6.07) is 11.7. The van der Waals surface area contributed by atoms with Crippen molar-refractivity contribution in [1.82, 2.24) is 10.3 Å². The summed E-state index contributed by atoms with van der Waals surface area (Å²) in [6.45, 7) is 4.02. The first kappa shape index (κ1) is 20.1. The summed E-state index contributed by atoms with van der Waals surface area (Å²) >= 11 is 9.33. The molecule has 3 aromatic rings. The maximum Gasteiger partial charge on any atom is 0.229 e. The first-order valence-electron chi connectivity index (χ1n) is 9.28. The minimum atomic E-state index is -0.0615. The van der Waals surface area contributed by atoms with Gasteiger partial charge in [0.25, 0.3) is 0 Å². The summed E-state index contributed by atoms with van der Waals surface area (Å²) < 4.78 is 0. The zero-order chi connectivity index (χ0) is 20.5. The Morgan fingerprint density at radius 1 is 1.21 bits per heavy atom. The van der Waals surface area contributed by atoms with Crippen LogP contribution in [0.5, 0.6) is 0 Å². The number of rotatable bonds is 6. The predicted molar refractivity (Wildman–Crippen MR) is 119 cm³/mol. The molecule has 2 N–H and O–H groups in total. The van der Waals surface area contributed by atoms with Gasteiger partial charge in [-0.15, -0.1) is 22.7 Å². The highest BCUT2D eigenvalue weighted by atomic mass is 35.5. The number of amides is 2. The Hall–Kier alpha value is -2.22. The molecule has 2 amide bonds. The fourth-order valence-corrected chi connectivity index (χ4v) is 5.46. The van der Waals surface area contributed by atoms with Crippen molar-refractivity contribution in [3.8, 4) is 10.6 Å². The normalized spacial score (nSPS) is 17.8. The summed E-state index contributed by atoms with van der Waals surface area (Å²) in [7, 11) is 0. The fraction of sp³-hybridized carbons (Fsp3) is 0.286. The third-order valence-corrected chi connectivity index (χ3v) is 7.19. The molecule has 1 saturated carbocycles. The van der Waals surface area contributed by atoms with Gasteiger partial charge in [-0.3, -0.25) is 9.59 Å². The molecular weight excluding hydrogens is 426 g/mol. The van der Waals surface area contributed by atoms with Gasteiger partial charge in [-0.2, -0.15) is 0 Å². The summed E-state index contributed by atoms with van der Waals surface area (Å²) in [6.07, 6.45) is 0.810. The second-order valence-corrected chi connectivity index (χ2v) is 9.84. The Bertz CT molecular complexity index is 1080. The first-order valence-corrected chi connectivity index (χ1v) is 11.3. The fourth-order valence-electron chi connectivity index (χ4n) is 3.29. The first-order chi connectivity index (χ1) is 13.9. The number of benzene rings is 1. The van der Waals surface area contributed by atoms with Gasteiger partial charge in [0.1, 0.15) is 0 Å². The average Bonchev–Trinajstić information content (AvgIpc) is 3.19. The number of thiophene rings is 1. The highest BCUT2D eigenvalue weighted by Crippen LogP contribution is 2.50. The standard InChI is InChI=1S/C21H20ClN3O2S2/c1-11-19(18-8-7-13(29-18)10-23-12(2)26)24-21(28-11)25-20(27)16-9-15(16)14-5-3-4-6-17(14)22/h3-8,15-16H,9-10H2,1-2H3,(H,23,26)(H,24,25,27). The van der Waals surface area contributed by atoms with Gasteiger partial charge in [0, 0.05) is 27.6 Å². The average molecular weight is 446 g/mol. The van der Waals surface area contributed by atoms with Crippen LogP contribution in [-0.2, 0) is 16.1 Å². The Kier molecular flexibility index (Phi) is 5.72. The lowest BCUT2D eigenvalue weighted by atomic mass is 10.1. The van der Waals surface area contributed by atoms with Crippen LogP contribution in [0.2, 0.25) is 5.02 Å². The van der Waals surface area contributed by atoms with Crippen LogP contribution in [0.15, 0.2) is 36.4 Å². The van der Waals surface area contributed by atoms with Gasteiger partial charge >= 0.3 is 0 Å². The Balaban J connectivity index is 1.42. The summed E-state index contributed by atoms with van der Waals surface area (Å²) in [5.41, 5.74) is 1.92. The summed E-state index contributed by atoms with van der Waals surface area (Å²) in [4.78, 5) is 31.5. The topological polar surface area (TPSA) is 71.1 Å². The van der Waals surface area contributed by atoms with Crippen molar-refractivity contribution in [1.29, 1.82) is 0 Å². The van der Waals surface area contributed by atoms with Crippen molar-refractivity contribution in [2.45, 2.75) is 32.7 Å². The number of aryl methyl sites for hydroxylation is 1. The minimum absolute atomic E-state index is 0.00672. The van der Waals surface area contributed by atoms with E-state index in [1.54, 1.807) is 11.3 Å². The molecule has 29 heavy (non-hydrogen) atoms. The molecule has 4 rings (SSSR count). The van der Waals surface area contributed by atoms with Gasteiger partial charge in [0.05, 0.1) is 17.1 Å². The van der Waals surface area contributed by atoms with Crippen LogP contribution in [-0.4, -0.2) is 16.8 Å². The third-order valence-electron chi connectivity index (χ3n) is 4.87. The lowest BCUT2D eigenvalue weighted by Crippen LogP contribution is -2.17. The van der Waals surface area contributed by atoms with Crippen LogP contribution in [0.25, 0.3) is 10.6 Å². The van der Waals surface area contributed by atoms with E-state index in [1.807, 2.05) is 43.3 Å². The van der Waals surface area contributed by atoms with E-state index in [-0.39, 0.29) is 23.7 Å². The molecule has 2 unspecified atom stereocenters. The number of carbonyl (C=O) groups is 2. The van der Waals surface area contributed by atoms with E-state index in [9.17, 15) is 9.59 Å². The van der Waals surface area contributed by atoms with Crippen molar-refractivity contribution < 1.29 is 9.59 Å². The van der Waals surface area contributed by atoms with Crippen molar-refractivity contribution in [2.75, 3.05) is 5.32 Å². The van der Waals surface area contributed by atoms with Gasteiger partial charge in [-0.25, -0.2) is 4.98 Å². The van der Waals surface area contributed by atoms with Crippen LogP contribution >= 0.6 is 34.3 Å². The lowest BCUT2D eigenvalue weighted by molar-refractivity contribution is -0.119. The number of carbonyl (C=O) groups excluding carboxylic acids is 2. The molecule has 2 atom stereocenters. The number of hydrogen-bond donors (Lipinski definition) is 2. The number of aromatic nitrogens is 1. The van der Waals surface area contributed by atoms with Crippen molar-refractivity contribution >= 4 is 51.2 Å². The van der Waals surface area contributed by atoms with E-state index in [2.05, 4.69) is 15.6 Å². The van der Waals surface area contributed by atoms with Crippen molar-refractivity contribution in [3.63, 3.8) is 0 Å². The zero-order valence-corrected chi connectivity index (χ0v) is 18.4. The SMILES string of the molecule is CC(=O)NCc1ccc(-c2nc(NC(=O)C3CC3c3ccccc3Cl)sc2C)s1. The molecule has 0 spiro atoms. The van der Waals surface area contributed by atoms with Crippen LogP contribution < -0.4 is 10.6 Å². The van der Waals surface area contributed by atoms with Gasteiger partial charge in [-0.1, -0.05) is 29.8 Å². The van der Waals surface area contributed by atoms with Crippen LogP contribution in [0.4, 0.5) is 5.13 Å². The molecule has 1 aliphatic rings. The van der Waals surface area contributed by atoms with Gasteiger partial charge in [0.15, 0.2) is 5.13 Å². The van der Waals surface area contributed by atoms with Crippen LogP contribution in [0.3, 0.4) is 0 Å². The van der Waals surface area contributed by atoms with Gasteiger partial charge < -0.3 is 10.6 Å². The maximum atomic E-state index is 12.7. The van der Waals surface area contributed by atoms with E-state index in [0.717, 1.165) is 32.3 Å². The molecule has 2 aromatic heterocycles. The Morgan fingerprint density at radius 3 is 2.76 bits per heavy atom. The van der Waals surface area contributed by atoms with E-state index in [1.165, 1.54) is 18.3 Å². The lowest BCUT2D eigenvalue weighted by Gasteiger charge is -2.03. The Labute approximate surface area is 182 Å². The molecule has 0 aliphatic heterocycles. The van der Waals surface area contributed by atoms with Crippen molar-refractivity contribution in [3.05, 3.63) is 56.7 Å². The smallest absolute Gasteiger partial charge is 0.229 e. The number of thiazole rings is 1. The molecule has 0 saturated heterocycles. The molecule has 0 radical (unpaired) electrons. The van der Waals surface area contributed by atoms with Crippen LogP contribution in [0, 0.1) is 12.8 Å². The highest BCUT2D eigenvalue weighted by molar-refractivity contribution is 7.18. The maximum absolute atomic E-state index is 12.7. The number of nitrogens with one attached hydrogen (secondary N) is 2. The van der Waals surface area contributed by atoms with Crippen molar-refractivity contribution in [2.24, 2.45) is 5.92 Å². The predicted octanol–water partition coefficient (Wildman–Crippen LogP) is 5.21. The molecule has 1 aliphatic carbocycles. The molecular formula is C21H20ClN3O2S2. The molecule has 2 heterocycles. The number of halogens is 1. The molecule has 150 valence electrons. The van der Waals surface area contributed by atoms with E-state index < -0.39 is 0 Å². The van der Waals surface area contributed by atoms with E-state index >= 15 is 0 Å². The number of nitrogens with zero attached hydrogens (tertiary/aromatic N) is 1. The van der Waals surface area contributed by atoms with E-state index in [4.69, 9.17) is 11.6 Å². The molecule has 5 nitrogen and oxygen atoms in total. The molecule has 0 bridgehead atoms. The number of hydrogen-bond acceptors (Lipinski definition) is 5. The van der Waals surface area contributed by atoms with Crippen LogP contribution in [0.1, 0.15) is 34.6 Å². The minimum Gasteiger partial charge on any atom is -0.351 e.